The largest absolute Gasteiger partial charge is 0.490 e. The molecule has 0 radical (unpaired) electrons. The zero-order chi connectivity index (χ0) is 21.1. The van der Waals surface area contributed by atoms with Crippen molar-refractivity contribution in [2.45, 2.75) is 96.8 Å². The van der Waals surface area contributed by atoms with Gasteiger partial charge in [-0.05, 0) is 98.5 Å². The molecule has 3 aliphatic carbocycles. The zero-order valence-corrected chi connectivity index (χ0v) is 19.0. The van der Waals surface area contributed by atoms with Gasteiger partial charge in [0, 0.05) is 0 Å². The van der Waals surface area contributed by atoms with E-state index in [0.717, 1.165) is 49.4 Å². The quantitative estimate of drug-likeness (QED) is 0.467. The van der Waals surface area contributed by atoms with Crippen LogP contribution in [0, 0.1) is 41.2 Å². The van der Waals surface area contributed by atoms with E-state index in [9.17, 15) is 8.78 Å². The fraction of sp³-hybridized carbons (Fsp3) is 0.778. The molecule has 1 aromatic rings. The first-order chi connectivity index (χ1) is 14.5. The lowest BCUT2D eigenvalue weighted by Crippen LogP contribution is -2.25. The molecule has 0 bridgehead atoms. The second kappa shape index (κ2) is 10.0. The third-order valence-electron chi connectivity index (χ3n) is 8.63. The molecule has 3 saturated carbocycles. The summed E-state index contributed by atoms with van der Waals surface area (Å²) in [6.45, 7) is 5.16. The first-order valence-corrected chi connectivity index (χ1v) is 12.6. The molecule has 1 aromatic carbocycles. The summed E-state index contributed by atoms with van der Waals surface area (Å²) in [6, 6.07) is 3.47. The third-order valence-corrected chi connectivity index (χ3v) is 8.63. The lowest BCUT2D eigenvalue weighted by Gasteiger charge is -2.37. The van der Waals surface area contributed by atoms with Crippen molar-refractivity contribution in [3.8, 4) is 5.75 Å². The predicted octanol–water partition coefficient (Wildman–Crippen LogP) is 8.27. The van der Waals surface area contributed by atoms with Gasteiger partial charge in [0.15, 0.2) is 11.6 Å². The second-order valence-electron chi connectivity index (χ2n) is 10.8. The minimum Gasteiger partial charge on any atom is -0.490 e. The lowest BCUT2D eigenvalue weighted by molar-refractivity contribution is 0.164. The second-order valence-corrected chi connectivity index (χ2v) is 10.8. The minimum absolute atomic E-state index is 0.0971. The van der Waals surface area contributed by atoms with Crippen molar-refractivity contribution < 1.29 is 13.5 Å². The van der Waals surface area contributed by atoms with Crippen LogP contribution in [0.5, 0.6) is 5.75 Å². The van der Waals surface area contributed by atoms with Crippen molar-refractivity contribution in [3.05, 3.63) is 29.3 Å². The lowest BCUT2D eigenvalue weighted by atomic mass is 9.68. The minimum atomic E-state index is -0.778. The maximum absolute atomic E-state index is 14.9. The Morgan fingerprint density at radius 2 is 1.23 bits per heavy atom. The summed E-state index contributed by atoms with van der Waals surface area (Å²) < 4.78 is 35.4. The van der Waals surface area contributed by atoms with Crippen molar-refractivity contribution in [3.63, 3.8) is 0 Å². The molecule has 3 heteroatoms. The standard InChI is InChI=1S/C27H40F2O/c1-18-3-7-20(8-4-18)17-30-25-16-15-24(26(28)27(25)29)23-13-11-22(12-14-23)21-9-5-19(2)6-10-21/h15-16,18-23H,3-14,17H2,1-2H3. The van der Waals surface area contributed by atoms with Gasteiger partial charge in [0.2, 0.25) is 5.82 Å². The van der Waals surface area contributed by atoms with E-state index in [2.05, 4.69) is 13.8 Å². The van der Waals surface area contributed by atoms with Gasteiger partial charge in [-0.3, -0.25) is 0 Å². The third kappa shape index (κ3) is 5.19. The fourth-order valence-electron chi connectivity index (χ4n) is 6.34. The summed E-state index contributed by atoms with van der Waals surface area (Å²) in [5.74, 6) is 2.61. The van der Waals surface area contributed by atoms with E-state index in [0.29, 0.717) is 18.1 Å². The Morgan fingerprint density at radius 1 is 0.700 bits per heavy atom. The van der Waals surface area contributed by atoms with Crippen molar-refractivity contribution in [2.24, 2.45) is 29.6 Å². The van der Waals surface area contributed by atoms with Gasteiger partial charge in [-0.25, -0.2) is 4.39 Å². The van der Waals surface area contributed by atoms with Crippen LogP contribution in [-0.4, -0.2) is 6.61 Å². The van der Waals surface area contributed by atoms with Crippen LogP contribution in [0.2, 0.25) is 0 Å². The molecule has 0 N–H and O–H groups in total. The molecule has 0 amide bonds. The van der Waals surface area contributed by atoms with E-state index < -0.39 is 11.6 Å². The average molecular weight is 419 g/mol. The predicted molar refractivity (Wildman–Crippen MR) is 119 cm³/mol. The Morgan fingerprint density at radius 3 is 1.83 bits per heavy atom. The molecule has 3 aliphatic rings. The highest BCUT2D eigenvalue weighted by molar-refractivity contribution is 5.33. The van der Waals surface area contributed by atoms with E-state index in [4.69, 9.17) is 4.74 Å². The van der Waals surface area contributed by atoms with E-state index in [1.165, 1.54) is 51.4 Å². The SMILES string of the molecule is CC1CCC(COc2ccc(C3CCC(C4CCC(C)CC4)CC3)c(F)c2F)CC1. The smallest absolute Gasteiger partial charge is 0.200 e. The van der Waals surface area contributed by atoms with E-state index in [1.807, 2.05) is 0 Å². The van der Waals surface area contributed by atoms with Crippen molar-refractivity contribution >= 4 is 0 Å². The van der Waals surface area contributed by atoms with Gasteiger partial charge in [0.1, 0.15) is 0 Å². The van der Waals surface area contributed by atoms with Crippen LogP contribution in [0.3, 0.4) is 0 Å². The molecule has 0 aromatic heterocycles. The van der Waals surface area contributed by atoms with Gasteiger partial charge in [0.25, 0.3) is 0 Å². The highest BCUT2D eigenvalue weighted by Crippen LogP contribution is 2.44. The molecule has 0 saturated heterocycles. The highest BCUT2D eigenvalue weighted by Gasteiger charge is 2.32. The number of rotatable bonds is 5. The van der Waals surface area contributed by atoms with Crippen molar-refractivity contribution in [1.82, 2.24) is 0 Å². The number of hydrogen-bond donors (Lipinski definition) is 0. The number of hydrogen-bond acceptors (Lipinski definition) is 1. The van der Waals surface area contributed by atoms with Crippen LogP contribution in [0.1, 0.15) is 102 Å². The molecule has 0 unspecified atom stereocenters. The van der Waals surface area contributed by atoms with Gasteiger partial charge in [-0.1, -0.05) is 45.6 Å². The van der Waals surface area contributed by atoms with Gasteiger partial charge >= 0.3 is 0 Å². The van der Waals surface area contributed by atoms with Crippen LogP contribution >= 0.6 is 0 Å². The van der Waals surface area contributed by atoms with E-state index >= 15 is 0 Å². The maximum Gasteiger partial charge on any atom is 0.200 e. The molecule has 168 valence electrons. The van der Waals surface area contributed by atoms with E-state index in [1.54, 1.807) is 12.1 Å². The molecule has 30 heavy (non-hydrogen) atoms. The van der Waals surface area contributed by atoms with Crippen LogP contribution in [-0.2, 0) is 0 Å². The van der Waals surface area contributed by atoms with Gasteiger partial charge in [-0.15, -0.1) is 0 Å². The molecule has 3 fully saturated rings. The Labute approximate surface area is 182 Å². The van der Waals surface area contributed by atoms with Crippen molar-refractivity contribution in [1.29, 1.82) is 0 Å². The van der Waals surface area contributed by atoms with Crippen molar-refractivity contribution in [2.75, 3.05) is 6.61 Å². The Hall–Kier alpha value is -1.12. The van der Waals surface area contributed by atoms with E-state index in [-0.39, 0.29) is 11.7 Å². The van der Waals surface area contributed by atoms with Gasteiger partial charge in [-0.2, -0.15) is 4.39 Å². The highest BCUT2D eigenvalue weighted by atomic mass is 19.2. The summed E-state index contributed by atoms with van der Waals surface area (Å²) >= 11 is 0. The molecule has 4 rings (SSSR count). The van der Waals surface area contributed by atoms with Crippen LogP contribution in [0.25, 0.3) is 0 Å². The molecule has 0 atom stereocenters. The summed E-state index contributed by atoms with van der Waals surface area (Å²) in [5.41, 5.74) is 0.571. The molecule has 1 nitrogen and oxygen atoms in total. The summed E-state index contributed by atoms with van der Waals surface area (Å²) in [5, 5.41) is 0. The van der Waals surface area contributed by atoms with Crippen LogP contribution in [0.15, 0.2) is 12.1 Å². The number of halogens is 2. The Balaban J connectivity index is 1.31. The molecular weight excluding hydrogens is 378 g/mol. The summed E-state index contributed by atoms with van der Waals surface area (Å²) in [4.78, 5) is 0. The van der Waals surface area contributed by atoms with Gasteiger partial charge < -0.3 is 4.74 Å². The normalized spacial score (nSPS) is 35.2. The van der Waals surface area contributed by atoms with Crippen LogP contribution in [0.4, 0.5) is 8.78 Å². The fourth-order valence-corrected chi connectivity index (χ4v) is 6.34. The van der Waals surface area contributed by atoms with Crippen LogP contribution < -0.4 is 4.74 Å². The monoisotopic (exact) mass is 418 g/mol. The molecular formula is C27H40F2O. The zero-order valence-electron chi connectivity index (χ0n) is 19.0. The molecule has 0 heterocycles. The van der Waals surface area contributed by atoms with Gasteiger partial charge in [0.05, 0.1) is 6.61 Å². The number of ether oxygens (including phenoxy) is 1. The number of benzene rings is 1. The Kier molecular flexibility index (Phi) is 7.36. The topological polar surface area (TPSA) is 9.23 Å². The molecule has 0 spiro atoms. The maximum atomic E-state index is 14.9. The summed E-state index contributed by atoms with van der Waals surface area (Å²) in [6.07, 6.45) is 14.5. The summed E-state index contributed by atoms with van der Waals surface area (Å²) in [7, 11) is 0. The Bertz CT molecular complexity index is 678. The first kappa shape index (κ1) is 22.1. The average Bonchev–Trinajstić information content (AvgIpc) is 2.77. The molecule has 0 aliphatic heterocycles. The first-order valence-electron chi connectivity index (χ1n) is 12.6.